The van der Waals surface area contributed by atoms with Gasteiger partial charge < -0.3 is 9.47 Å². The van der Waals surface area contributed by atoms with E-state index in [0.29, 0.717) is 16.6 Å². The Balaban J connectivity index is 2.28. The van der Waals surface area contributed by atoms with E-state index in [1.807, 2.05) is 23.6 Å². The summed E-state index contributed by atoms with van der Waals surface area (Å²) >= 11 is 1.35. The third kappa shape index (κ3) is 2.97. The van der Waals surface area contributed by atoms with Gasteiger partial charge in [-0.25, -0.2) is 4.98 Å². The minimum absolute atomic E-state index is 0.279. The molecule has 0 atom stereocenters. The van der Waals surface area contributed by atoms with Gasteiger partial charge >= 0.3 is 0 Å². The summed E-state index contributed by atoms with van der Waals surface area (Å²) in [5.41, 5.74) is 1.65. The Bertz CT molecular complexity index is 637. The lowest BCUT2D eigenvalue weighted by atomic mass is 10.1. The van der Waals surface area contributed by atoms with E-state index >= 15 is 0 Å². The summed E-state index contributed by atoms with van der Waals surface area (Å²) in [5.74, 6) is 1.01. The summed E-state index contributed by atoms with van der Waals surface area (Å²) in [4.78, 5) is 15.6. The normalized spacial score (nSPS) is 9.90. The maximum atomic E-state index is 11.2. The van der Waals surface area contributed by atoms with Crippen LogP contribution >= 0.6 is 11.3 Å². The second-order valence-corrected chi connectivity index (χ2v) is 4.66. The van der Waals surface area contributed by atoms with Crippen LogP contribution in [0.4, 0.5) is 5.13 Å². The van der Waals surface area contributed by atoms with E-state index in [0.717, 1.165) is 11.3 Å². The van der Waals surface area contributed by atoms with Crippen molar-refractivity contribution in [1.29, 1.82) is 0 Å². The monoisotopic (exact) mass is 290 g/mol. The van der Waals surface area contributed by atoms with Crippen LogP contribution in [0.1, 0.15) is 0 Å². The van der Waals surface area contributed by atoms with Crippen molar-refractivity contribution in [3.05, 3.63) is 36.2 Å². The number of carbonyl (C=O) groups excluding carboxylic acids is 1. The van der Waals surface area contributed by atoms with Gasteiger partial charge in [-0.2, -0.15) is 0 Å². The van der Waals surface area contributed by atoms with Crippen LogP contribution in [-0.4, -0.2) is 25.1 Å². The Morgan fingerprint density at radius 2 is 2.10 bits per heavy atom. The topological polar surface area (TPSA) is 60.5 Å². The molecule has 0 spiro atoms. The van der Waals surface area contributed by atoms with Gasteiger partial charge in [0.25, 0.3) is 0 Å². The number of rotatable bonds is 5. The van der Waals surface area contributed by atoms with Crippen LogP contribution in [-0.2, 0) is 4.79 Å². The largest absolute Gasteiger partial charge is 0.493 e. The smallest absolute Gasteiger partial charge is 0.249 e. The number of hydrogen-bond donors (Lipinski definition) is 1. The summed E-state index contributed by atoms with van der Waals surface area (Å²) in [6, 6.07) is 5.54. The Morgan fingerprint density at radius 3 is 2.75 bits per heavy atom. The van der Waals surface area contributed by atoms with Crippen LogP contribution < -0.4 is 14.8 Å². The van der Waals surface area contributed by atoms with Gasteiger partial charge in [-0.3, -0.25) is 10.1 Å². The standard InChI is InChI=1S/C14H14N2O3S/c1-4-13(17)16-14-15-10(8-20-14)9-5-6-11(18-2)12(7-9)19-3/h4-8H,1H2,2-3H3,(H,15,16,17). The second kappa shape index (κ2) is 6.21. The summed E-state index contributed by atoms with van der Waals surface area (Å²) in [6.07, 6.45) is 1.21. The minimum Gasteiger partial charge on any atom is -0.493 e. The molecule has 0 unspecified atom stereocenters. The number of amides is 1. The van der Waals surface area contributed by atoms with Crippen LogP contribution in [0, 0.1) is 0 Å². The van der Waals surface area contributed by atoms with Crippen molar-refractivity contribution in [3.8, 4) is 22.8 Å². The van der Waals surface area contributed by atoms with Crippen LogP contribution in [0.3, 0.4) is 0 Å². The van der Waals surface area contributed by atoms with E-state index in [2.05, 4.69) is 16.9 Å². The number of methoxy groups -OCH3 is 2. The molecule has 0 saturated carbocycles. The SMILES string of the molecule is C=CC(=O)Nc1nc(-c2ccc(OC)c(OC)c2)cs1. The minimum atomic E-state index is -0.279. The van der Waals surface area contributed by atoms with E-state index in [9.17, 15) is 4.79 Å². The summed E-state index contributed by atoms with van der Waals surface area (Å²) in [6.45, 7) is 3.40. The van der Waals surface area contributed by atoms with Crippen molar-refractivity contribution in [2.45, 2.75) is 0 Å². The lowest BCUT2D eigenvalue weighted by molar-refractivity contribution is -0.111. The van der Waals surface area contributed by atoms with Gasteiger partial charge in [0.05, 0.1) is 19.9 Å². The summed E-state index contributed by atoms with van der Waals surface area (Å²) in [7, 11) is 3.17. The first-order valence-corrected chi connectivity index (χ1v) is 6.67. The molecule has 2 rings (SSSR count). The molecule has 0 aliphatic heterocycles. The number of aromatic nitrogens is 1. The molecule has 6 heteroatoms. The number of benzene rings is 1. The maximum Gasteiger partial charge on any atom is 0.249 e. The number of nitrogens with zero attached hydrogens (tertiary/aromatic N) is 1. The van der Waals surface area contributed by atoms with Gasteiger partial charge in [0.2, 0.25) is 5.91 Å². The van der Waals surface area contributed by atoms with Crippen molar-refractivity contribution < 1.29 is 14.3 Å². The fraction of sp³-hybridized carbons (Fsp3) is 0.143. The number of ether oxygens (including phenoxy) is 2. The van der Waals surface area contributed by atoms with Crippen LogP contribution in [0.2, 0.25) is 0 Å². The number of nitrogens with one attached hydrogen (secondary N) is 1. The first kappa shape index (κ1) is 14.1. The van der Waals surface area contributed by atoms with E-state index in [1.165, 1.54) is 17.4 Å². The van der Waals surface area contributed by atoms with Gasteiger partial charge in [0.1, 0.15) is 0 Å². The molecule has 1 aromatic heterocycles. The van der Waals surface area contributed by atoms with E-state index < -0.39 is 0 Å². The molecule has 1 heterocycles. The lowest BCUT2D eigenvalue weighted by Crippen LogP contribution is -2.06. The first-order chi connectivity index (χ1) is 9.67. The van der Waals surface area contributed by atoms with Crippen molar-refractivity contribution >= 4 is 22.4 Å². The molecular formula is C14H14N2O3S. The molecule has 2 aromatic rings. The summed E-state index contributed by atoms with van der Waals surface area (Å²) < 4.78 is 10.4. The predicted octanol–water partition coefficient (Wildman–Crippen LogP) is 2.95. The molecule has 104 valence electrons. The fourth-order valence-electron chi connectivity index (χ4n) is 1.62. The zero-order chi connectivity index (χ0) is 14.5. The van der Waals surface area contributed by atoms with Crippen LogP contribution in [0.25, 0.3) is 11.3 Å². The third-order valence-electron chi connectivity index (χ3n) is 2.60. The molecule has 0 saturated heterocycles. The van der Waals surface area contributed by atoms with Crippen molar-refractivity contribution in [2.24, 2.45) is 0 Å². The predicted molar refractivity (Wildman–Crippen MR) is 79.5 cm³/mol. The van der Waals surface area contributed by atoms with E-state index in [4.69, 9.17) is 9.47 Å². The molecule has 0 aliphatic carbocycles. The van der Waals surface area contributed by atoms with Gasteiger partial charge in [-0.1, -0.05) is 6.58 Å². The molecule has 1 aromatic carbocycles. The first-order valence-electron chi connectivity index (χ1n) is 5.79. The highest BCUT2D eigenvalue weighted by molar-refractivity contribution is 7.14. The second-order valence-electron chi connectivity index (χ2n) is 3.80. The Kier molecular flexibility index (Phi) is 4.37. The Morgan fingerprint density at radius 1 is 1.35 bits per heavy atom. The average Bonchev–Trinajstić information content (AvgIpc) is 2.94. The van der Waals surface area contributed by atoms with Crippen molar-refractivity contribution in [3.63, 3.8) is 0 Å². The van der Waals surface area contributed by atoms with E-state index in [1.54, 1.807) is 14.2 Å². The zero-order valence-electron chi connectivity index (χ0n) is 11.2. The quantitative estimate of drug-likeness (QED) is 0.860. The van der Waals surface area contributed by atoms with Gasteiger partial charge in [-0.05, 0) is 24.3 Å². The Labute approximate surface area is 120 Å². The highest BCUT2D eigenvalue weighted by Gasteiger charge is 2.10. The van der Waals surface area contributed by atoms with Crippen molar-refractivity contribution in [2.75, 3.05) is 19.5 Å². The highest BCUT2D eigenvalue weighted by Crippen LogP contribution is 2.33. The molecule has 1 N–H and O–H groups in total. The van der Waals surface area contributed by atoms with Crippen LogP contribution in [0.5, 0.6) is 11.5 Å². The third-order valence-corrected chi connectivity index (χ3v) is 3.36. The number of anilines is 1. The number of thiazole rings is 1. The molecule has 20 heavy (non-hydrogen) atoms. The molecule has 0 radical (unpaired) electrons. The Hall–Kier alpha value is -2.34. The lowest BCUT2D eigenvalue weighted by Gasteiger charge is -2.08. The van der Waals surface area contributed by atoms with Crippen LogP contribution in [0.15, 0.2) is 36.2 Å². The van der Waals surface area contributed by atoms with Gasteiger partial charge in [0.15, 0.2) is 16.6 Å². The number of hydrogen-bond acceptors (Lipinski definition) is 5. The summed E-state index contributed by atoms with van der Waals surface area (Å²) in [5, 5.41) is 5.02. The fourth-order valence-corrected chi connectivity index (χ4v) is 2.34. The van der Waals surface area contributed by atoms with Gasteiger partial charge in [0, 0.05) is 10.9 Å². The zero-order valence-corrected chi connectivity index (χ0v) is 12.0. The van der Waals surface area contributed by atoms with E-state index in [-0.39, 0.29) is 5.91 Å². The maximum absolute atomic E-state index is 11.2. The molecule has 1 amide bonds. The van der Waals surface area contributed by atoms with Crippen molar-refractivity contribution in [1.82, 2.24) is 4.98 Å². The number of carbonyl (C=O) groups is 1. The average molecular weight is 290 g/mol. The van der Waals surface area contributed by atoms with Gasteiger partial charge in [-0.15, -0.1) is 11.3 Å². The highest BCUT2D eigenvalue weighted by atomic mass is 32.1. The molecule has 0 bridgehead atoms. The molecule has 0 aliphatic rings. The molecular weight excluding hydrogens is 276 g/mol. The molecule has 5 nitrogen and oxygen atoms in total. The molecule has 0 fully saturated rings.